The molecule has 1 aromatic rings. The fourth-order valence-corrected chi connectivity index (χ4v) is 1.66. The number of halogens is 4. The summed E-state index contributed by atoms with van der Waals surface area (Å²) in [6, 6.07) is 0. The predicted molar refractivity (Wildman–Crippen MR) is 55.9 cm³/mol. The SMILES string of the molecule is NCc1ncc(N)c(OC(F)(F)F)c1I. The summed E-state index contributed by atoms with van der Waals surface area (Å²) >= 11 is 1.66. The minimum absolute atomic E-state index is 0.0206. The van der Waals surface area contributed by atoms with Gasteiger partial charge in [0.05, 0.1) is 21.1 Å². The minimum atomic E-state index is -4.78. The zero-order valence-corrected chi connectivity index (χ0v) is 9.46. The van der Waals surface area contributed by atoms with Crippen molar-refractivity contribution in [1.29, 1.82) is 0 Å². The molecule has 0 aromatic carbocycles. The van der Waals surface area contributed by atoms with Gasteiger partial charge in [0.15, 0.2) is 5.75 Å². The molecule has 0 bridgehead atoms. The van der Waals surface area contributed by atoms with Crippen molar-refractivity contribution in [3.8, 4) is 5.75 Å². The lowest BCUT2D eigenvalue weighted by Crippen LogP contribution is -2.20. The van der Waals surface area contributed by atoms with Crippen LogP contribution in [0.1, 0.15) is 5.69 Å². The number of hydrogen-bond acceptors (Lipinski definition) is 4. The molecule has 0 aliphatic heterocycles. The van der Waals surface area contributed by atoms with Crippen molar-refractivity contribution in [1.82, 2.24) is 4.98 Å². The summed E-state index contributed by atoms with van der Waals surface area (Å²) in [5.41, 5.74) is 10.7. The monoisotopic (exact) mass is 333 g/mol. The van der Waals surface area contributed by atoms with Gasteiger partial charge in [-0.3, -0.25) is 4.98 Å². The van der Waals surface area contributed by atoms with Crippen LogP contribution >= 0.6 is 22.6 Å². The molecule has 84 valence electrons. The van der Waals surface area contributed by atoms with Gasteiger partial charge >= 0.3 is 6.36 Å². The quantitative estimate of drug-likeness (QED) is 0.807. The lowest BCUT2D eigenvalue weighted by Gasteiger charge is -2.13. The van der Waals surface area contributed by atoms with Gasteiger partial charge in [0.1, 0.15) is 0 Å². The normalized spacial score (nSPS) is 11.5. The van der Waals surface area contributed by atoms with E-state index in [1.54, 1.807) is 22.6 Å². The first kappa shape index (κ1) is 12.3. The molecule has 0 atom stereocenters. The molecule has 1 rings (SSSR count). The third kappa shape index (κ3) is 3.09. The van der Waals surface area contributed by atoms with E-state index in [1.165, 1.54) is 0 Å². The maximum atomic E-state index is 12.0. The highest BCUT2D eigenvalue weighted by Gasteiger charge is 2.33. The Morgan fingerprint density at radius 2 is 2.07 bits per heavy atom. The topological polar surface area (TPSA) is 74.2 Å². The number of pyridine rings is 1. The van der Waals surface area contributed by atoms with Crippen molar-refractivity contribution in [2.24, 2.45) is 5.73 Å². The van der Waals surface area contributed by atoms with E-state index in [-0.39, 0.29) is 15.8 Å². The van der Waals surface area contributed by atoms with Crippen molar-refractivity contribution in [2.45, 2.75) is 12.9 Å². The van der Waals surface area contributed by atoms with E-state index in [4.69, 9.17) is 11.5 Å². The van der Waals surface area contributed by atoms with Gasteiger partial charge < -0.3 is 16.2 Å². The smallest absolute Gasteiger partial charge is 0.402 e. The zero-order valence-electron chi connectivity index (χ0n) is 7.31. The van der Waals surface area contributed by atoms with Gasteiger partial charge in [-0.25, -0.2) is 0 Å². The first-order valence-electron chi connectivity index (χ1n) is 3.74. The molecule has 0 fully saturated rings. The molecule has 0 aliphatic rings. The third-order valence-corrected chi connectivity index (χ3v) is 2.60. The Bertz CT molecular complexity index is 369. The second-order valence-electron chi connectivity index (χ2n) is 2.56. The van der Waals surface area contributed by atoms with Gasteiger partial charge in [-0.15, -0.1) is 13.2 Å². The molecule has 4 nitrogen and oxygen atoms in total. The van der Waals surface area contributed by atoms with Crippen molar-refractivity contribution in [2.75, 3.05) is 5.73 Å². The Morgan fingerprint density at radius 3 is 2.53 bits per heavy atom. The standard InChI is InChI=1S/C7H7F3IN3O/c8-7(9,10)15-6-3(13)2-14-4(1-12)5(6)11/h2H,1,12-13H2. The van der Waals surface area contributed by atoms with Crippen molar-refractivity contribution < 1.29 is 17.9 Å². The van der Waals surface area contributed by atoms with Gasteiger partial charge in [0.2, 0.25) is 0 Å². The summed E-state index contributed by atoms with van der Waals surface area (Å²) in [5, 5.41) is 0. The molecule has 0 radical (unpaired) electrons. The molecule has 0 saturated carbocycles. The second kappa shape index (κ2) is 4.39. The Kier molecular flexibility index (Phi) is 3.60. The van der Waals surface area contributed by atoms with E-state index in [1.807, 2.05) is 0 Å². The molecule has 0 spiro atoms. The summed E-state index contributed by atoms with van der Waals surface area (Å²) < 4.78 is 40.0. The van der Waals surface area contributed by atoms with Crippen LogP contribution in [0.4, 0.5) is 18.9 Å². The van der Waals surface area contributed by atoms with Crippen LogP contribution in [0.2, 0.25) is 0 Å². The van der Waals surface area contributed by atoms with Gasteiger partial charge in [0.25, 0.3) is 0 Å². The number of nitrogens with two attached hydrogens (primary N) is 2. The van der Waals surface area contributed by atoms with E-state index in [0.717, 1.165) is 6.20 Å². The zero-order chi connectivity index (χ0) is 11.6. The van der Waals surface area contributed by atoms with Crippen LogP contribution in [0.5, 0.6) is 5.75 Å². The number of nitrogens with zero attached hydrogens (tertiary/aromatic N) is 1. The molecule has 0 saturated heterocycles. The number of aromatic nitrogens is 1. The van der Waals surface area contributed by atoms with E-state index in [9.17, 15) is 13.2 Å². The fraction of sp³-hybridized carbons (Fsp3) is 0.286. The number of nitrogen functional groups attached to an aromatic ring is 1. The fourth-order valence-electron chi connectivity index (χ4n) is 0.882. The number of ether oxygens (including phenoxy) is 1. The van der Waals surface area contributed by atoms with Gasteiger partial charge in [0, 0.05) is 6.54 Å². The third-order valence-electron chi connectivity index (χ3n) is 1.49. The van der Waals surface area contributed by atoms with E-state index < -0.39 is 12.1 Å². The highest BCUT2D eigenvalue weighted by Crippen LogP contribution is 2.33. The number of alkyl halides is 3. The molecule has 1 heterocycles. The predicted octanol–water partition coefficient (Wildman–Crippen LogP) is 1.63. The van der Waals surface area contributed by atoms with Crippen LogP contribution in [0.15, 0.2) is 6.20 Å². The Hall–Kier alpha value is -0.770. The average molecular weight is 333 g/mol. The van der Waals surface area contributed by atoms with E-state index >= 15 is 0 Å². The number of rotatable bonds is 2. The molecule has 0 aliphatic carbocycles. The molecule has 0 unspecified atom stereocenters. The van der Waals surface area contributed by atoms with Crippen LogP contribution in [0, 0.1) is 3.57 Å². The van der Waals surface area contributed by atoms with Crippen LogP contribution in [0.3, 0.4) is 0 Å². The molecule has 4 N–H and O–H groups in total. The maximum Gasteiger partial charge on any atom is 0.573 e. The summed E-state index contributed by atoms with van der Waals surface area (Å²) in [7, 11) is 0. The largest absolute Gasteiger partial charge is 0.573 e. The highest BCUT2D eigenvalue weighted by molar-refractivity contribution is 14.1. The van der Waals surface area contributed by atoms with Crippen molar-refractivity contribution >= 4 is 28.3 Å². The van der Waals surface area contributed by atoms with Crippen LogP contribution in [0.25, 0.3) is 0 Å². The lowest BCUT2D eigenvalue weighted by molar-refractivity contribution is -0.274. The minimum Gasteiger partial charge on any atom is -0.402 e. The lowest BCUT2D eigenvalue weighted by atomic mass is 10.3. The van der Waals surface area contributed by atoms with Crippen LogP contribution in [-0.2, 0) is 6.54 Å². The van der Waals surface area contributed by atoms with Gasteiger partial charge in [-0.05, 0) is 22.6 Å². The summed E-state index contributed by atoms with van der Waals surface area (Å²) in [5.74, 6) is -0.446. The molecular formula is C7H7F3IN3O. The van der Waals surface area contributed by atoms with E-state index in [2.05, 4.69) is 9.72 Å². The van der Waals surface area contributed by atoms with E-state index in [0.29, 0.717) is 5.69 Å². The Labute approximate surface area is 96.9 Å². The molecular weight excluding hydrogens is 326 g/mol. The average Bonchev–Trinajstić information content (AvgIpc) is 2.11. The number of anilines is 1. The van der Waals surface area contributed by atoms with Crippen molar-refractivity contribution in [3.05, 3.63) is 15.5 Å². The second-order valence-corrected chi connectivity index (χ2v) is 3.63. The first-order chi connectivity index (χ1) is 6.85. The van der Waals surface area contributed by atoms with Gasteiger partial charge in [-0.1, -0.05) is 0 Å². The van der Waals surface area contributed by atoms with Crippen LogP contribution in [-0.4, -0.2) is 11.3 Å². The summed E-state index contributed by atoms with van der Waals surface area (Å²) in [6.07, 6.45) is -3.69. The first-order valence-corrected chi connectivity index (χ1v) is 4.81. The Balaban J connectivity index is 3.15. The highest BCUT2D eigenvalue weighted by atomic mass is 127. The maximum absolute atomic E-state index is 12.0. The van der Waals surface area contributed by atoms with Crippen LogP contribution < -0.4 is 16.2 Å². The molecule has 1 aromatic heterocycles. The van der Waals surface area contributed by atoms with Crippen molar-refractivity contribution in [3.63, 3.8) is 0 Å². The Morgan fingerprint density at radius 1 is 1.47 bits per heavy atom. The summed E-state index contributed by atoms with van der Waals surface area (Å²) in [6.45, 7) is 0.0206. The number of hydrogen-bond donors (Lipinski definition) is 2. The summed E-state index contributed by atoms with van der Waals surface area (Å²) in [4.78, 5) is 3.78. The molecule has 8 heteroatoms. The van der Waals surface area contributed by atoms with Gasteiger partial charge in [-0.2, -0.15) is 0 Å². The molecule has 15 heavy (non-hydrogen) atoms. The molecule has 0 amide bonds.